The van der Waals surface area contributed by atoms with Crippen molar-refractivity contribution in [1.82, 2.24) is 10.4 Å². The van der Waals surface area contributed by atoms with Crippen molar-refractivity contribution in [1.29, 1.82) is 0 Å². The number of carbonyl (C=O) groups is 1. The Balaban J connectivity index is 2.17. The van der Waals surface area contributed by atoms with Crippen LogP contribution in [0.3, 0.4) is 0 Å². The molecule has 1 aliphatic heterocycles. The van der Waals surface area contributed by atoms with Crippen molar-refractivity contribution in [3.63, 3.8) is 0 Å². The highest BCUT2D eigenvalue weighted by Crippen LogP contribution is 2.15. The number of carbonyl (C=O) groups excluding carboxylic acids is 1. The van der Waals surface area contributed by atoms with Crippen LogP contribution in [0.15, 0.2) is 18.3 Å². The molecule has 0 aromatic carbocycles. The van der Waals surface area contributed by atoms with Crippen LogP contribution in [0, 0.1) is 0 Å². The minimum Gasteiger partial charge on any atom is -0.378 e. The predicted octanol–water partition coefficient (Wildman–Crippen LogP) is -0.478. The number of nitrogens with one attached hydrogen (secondary N) is 1. The summed E-state index contributed by atoms with van der Waals surface area (Å²) in [6, 6.07) is 3.60. The van der Waals surface area contributed by atoms with Crippen molar-refractivity contribution < 1.29 is 9.53 Å². The van der Waals surface area contributed by atoms with E-state index in [1.165, 1.54) is 0 Å². The Morgan fingerprint density at radius 1 is 1.50 bits per heavy atom. The molecule has 0 atom stereocenters. The Bertz CT molecular complexity index is 377. The van der Waals surface area contributed by atoms with Gasteiger partial charge in [0.1, 0.15) is 5.69 Å². The van der Waals surface area contributed by atoms with Crippen LogP contribution in [-0.2, 0) is 4.74 Å². The molecule has 0 unspecified atom stereocenters. The number of hydrogen-bond acceptors (Lipinski definition) is 5. The first-order valence-corrected chi connectivity index (χ1v) is 5.11. The Morgan fingerprint density at radius 3 is 2.94 bits per heavy atom. The van der Waals surface area contributed by atoms with E-state index in [9.17, 15) is 4.79 Å². The van der Waals surface area contributed by atoms with Crippen LogP contribution in [0.25, 0.3) is 0 Å². The molecule has 1 fully saturated rings. The van der Waals surface area contributed by atoms with Crippen LogP contribution in [0.2, 0.25) is 0 Å². The van der Waals surface area contributed by atoms with Crippen molar-refractivity contribution in [2.24, 2.45) is 5.84 Å². The molecule has 0 saturated carbocycles. The molecule has 2 rings (SSSR count). The first-order chi connectivity index (χ1) is 7.81. The number of nitrogens with zero attached hydrogens (tertiary/aromatic N) is 2. The van der Waals surface area contributed by atoms with Gasteiger partial charge in [-0.05, 0) is 12.1 Å². The van der Waals surface area contributed by atoms with Crippen molar-refractivity contribution in [2.75, 3.05) is 31.2 Å². The van der Waals surface area contributed by atoms with E-state index in [2.05, 4.69) is 15.3 Å². The number of hydrazine groups is 1. The van der Waals surface area contributed by atoms with Crippen LogP contribution < -0.4 is 16.2 Å². The highest BCUT2D eigenvalue weighted by Gasteiger charge is 2.13. The summed E-state index contributed by atoms with van der Waals surface area (Å²) in [6.45, 7) is 3.07. The van der Waals surface area contributed by atoms with E-state index in [0.29, 0.717) is 18.9 Å². The first kappa shape index (κ1) is 10.8. The van der Waals surface area contributed by atoms with Gasteiger partial charge >= 0.3 is 0 Å². The number of ether oxygens (including phenoxy) is 1. The van der Waals surface area contributed by atoms with Gasteiger partial charge in [-0.15, -0.1) is 0 Å². The van der Waals surface area contributed by atoms with Gasteiger partial charge in [0, 0.05) is 25.0 Å². The average Bonchev–Trinajstić information content (AvgIpc) is 2.39. The second-order valence-corrected chi connectivity index (χ2v) is 3.47. The molecule has 1 amide bonds. The Kier molecular flexibility index (Phi) is 3.33. The zero-order valence-corrected chi connectivity index (χ0v) is 8.85. The molecular formula is C10H14N4O2. The molecular weight excluding hydrogens is 208 g/mol. The second kappa shape index (κ2) is 4.91. The third-order valence-electron chi connectivity index (χ3n) is 2.48. The number of rotatable bonds is 2. The lowest BCUT2D eigenvalue weighted by Gasteiger charge is -2.28. The number of amides is 1. The number of nitrogen functional groups attached to an aromatic ring is 1. The van der Waals surface area contributed by atoms with Gasteiger partial charge in [-0.1, -0.05) is 0 Å². The molecule has 1 saturated heterocycles. The first-order valence-electron chi connectivity index (χ1n) is 5.11. The Hall–Kier alpha value is -1.66. The van der Waals surface area contributed by atoms with Gasteiger partial charge < -0.3 is 9.64 Å². The number of aromatic nitrogens is 1. The maximum atomic E-state index is 11.3. The number of hydrogen-bond donors (Lipinski definition) is 2. The van der Waals surface area contributed by atoms with Gasteiger partial charge in [0.2, 0.25) is 0 Å². The maximum Gasteiger partial charge on any atom is 0.283 e. The van der Waals surface area contributed by atoms with Gasteiger partial charge in [0.15, 0.2) is 0 Å². The van der Waals surface area contributed by atoms with Crippen molar-refractivity contribution in [3.05, 3.63) is 24.0 Å². The van der Waals surface area contributed by atoms with Gasteiger partial charge in [-0.2, -0.15) is 0 Å². The number of anilines is 1. The summed E-state index contributed by atoms with van der Waals surface area (Å²) in [5, 5.41) is 0. The molecule has 1 aliphatic rings. The van der Waals surface area contributed by atoms with Crippen LogP contribution >= 0.6 is 0 Å². The molecule has 1 aromatic rings. The fourth-order valence-electron chi connectivity index (χ4n) is 1.64. The topological polar surface area (TPSA) is 80.5 Å². The molecule has 3 N–H and O–H groups in total. The van der Waals surface area contributed by atoms with E-state index in [4.69, 9.17) is 10.6 Å². The average molecular weight is 222 g/mol. The summed E-state index contributed by atoms with van der Waals surface area (Å²) < 4.78 is 5.26. The van der Waals surface area contributed by atoms with Crippen molar-refractivity contribution >= 4 is 11.6 Å². The summed E-state index contributed by atoms with van der Waals surface area (Å²) in [5.74, 6) is 4.68. The quantitative estimate of drug-likeness (QED) is 0.401. The van der Waals surface area contributed by atoms with Gasteiger partial charge in [-0.25, -0.2) is 5.84 Å². The summed E-state index contributed by atoms with van der Waals surface area (Å²) >= 11 is 0. The summed E-state index contributed by atoms with van der Waals surface area (Å²) in [4.78, 5) is 17.4. The molecule has 2 heterocycles. The van der Waals surface area contributed by atoms with Gasteiger partial charge in [0.05, 0.1) is 13.2 Å². The lowest BCUT2D eigenvalue weighted by atomic mass is 10.2. The predicted molar refractivity (Wildman–Crippen MR) is 58.9 cm³/mol. The maximum absolute atomic E-state index is 11.3. The standard InChI is InChI=1S/C10H14N4O2/c11-13-10(15)9-7-8(1-2-12-9)14-3-5-16-6-4-14/h1-2,7H,3-6,11H2,(H,13,15). The van der Waals surface area contributed by atoms with Crippen molar-refractivity contribution in [2.45, 2.75) is 0 Å². The normalized spacial score (nSPS) is 15.9. The third kappa shape index (κ3) is 2.29. The van der Waals surface area contributed by atoms with E-state index >= 15 is 0 Å². The summed E-state index contributed by atoms with van der Waals surface area (Å²) in [6.07, 6.45) is 1.61. The number of morpholine rings is 1. The lowest BCUT2D eigenvalue weighted by molar-refractivity contribution is 0.0948. The third-order valence-corrected chi connectivity index (χ3v) is 2.48. The van der Waals surface area contributed by atoms with Crippen molar-refractivity contribution in [3.8, 4) is 0 Å². The fraction of sp³-hybridized carbons (Fsp3) is 0.400. The lowest BCUT2D eigenvalue weighted by Crippen LogP contribution is -2.36. The zero-order chi connectivity index (χ0) is 11.4. The van der Waals surface area contributed by atoms with E-state index in [-0.39, 0.29) is 5.91 Å². The summed E-state index contributed by atoms with van der Waals surface area (Å²) in [5.41, 5.74) is 3.36. The van der Waals surface area contributed by atoms with Crippen LogP contribution in [0.4, 0.5) is 5.69 Å². The van der Waals surface area contributed by atoms with Gasteiger partial charge in [-0.3, -0.25) is 15.2 Å². The van der Waals surface area contributed by atoms with E-state index in [0.717, 1.165) is 18.8 Å². The minimum atomic E-state index is -0.380. The molecule has 0 radical (unpaired) electrons. The second-order valence-electron chi connectivity index (χ2n) is 3.47. The Morgan fingerprint density at radius 2 is 2.25 bits per heavy atom. The zero-order valence-electron chi connectivity index (χ0n) is 8.85. The highest BCUT2D eigenvalue weighted by molar-refractivity contribution is 5.92. The molecule has 16 heavy (non-hydrogen) atoms. The SMILES string of the molecule is NNC(=O)c1cc(N2CCOCC2)ccn1. The molecule has 0 spiro atoms. The Labute approximate surface area is 93.4 Å². The van der Waals surface area contributed by atoms with Gasteiger partial charge in [0.25, 0.3) is 5.91 Å². The monoisotopic (exact) mass is 222 g/mol. The van der Waals surface area contributed by atoms with Crippen LogP contribution in [-0.4, -0.2) is 37.2 Å². The van der Waals surface area contributed by atoms with E-state index in [1.807, 2.05) is 6.07 Å². The highest BCUT2D eigenvalue weighted by atomic mass is 16.5. The molecule has 6 nitrogen and oxygen atoms in total. The molecule has 1 aromatic heterocycles. The van der Waals surface area contributed by atoms with E-state index in [1.54, 1.807) is 12.3 Å². The molecule has 6 heteroatoms. The smallest absolute Gasteiger partial charge is 0.283 e. The molecule has 0 bridgehead atoms. The van der Waals surface area contributed by atoms with Crippen LogP contribution in [0.1, 0.15) is 10.5 Å². The molecule has 86 valence electrons. The van der Waals surface area contributed by atoms with E-state index < -0.39 is 0 Å². The fourth-order valence-corrected chi connectivity index (χ4v) is 1.64. The molecule has 0 aliphatic carbocycles. The van der Waals surface area contributed by atoms with Crippen LogP contribution in [0.5, 0.6) is 0 Å². The summed E-state index contributed by atoms with van der Waals surface area (Å²) in [7, 11) is 0. The number of nitrogens with two attached hydrogens (primary N) is 1. The largest absolute Gasteiger partial charge is 0.378 e. The number of pyridine rings is 1. The minimum absolute atomic E-state index is 0.325.